The summed E-state index contributed by atoms with van der Waals surface area (Å²) in [6.07, 6.45) is 0. The van der Waals surface area contributed by atoms with Gasteiger partial charge in [-0.1, -0.05) is 26.0 Å². The number of benzene rings is 2. The molecule has 2 aromatic carbocycles. The predicted octanol–water partition coefficient (Wildman–Crippen LogP) is 3.16. The molecular formula is C20H26N4O5S. The maximum Gasteiger partial charge on any atom is 0.270 e. The molecule has 1 amide bonds. The highest BCUT2D eigenvalue weighted by molar-refractivity contribution is 7.89. The first-order valence-corrected chi connectivity index (χ1v) is 11.0. The Labute approximate surface area is 176 Å². The Morgan fingerprint density at radius 3 is 2.23 bits per heavy atom. The molecule has 0 aromatic heterocycles. The number of nitrogens with zero attached hydrogens (tertiary/aromatic N) is 2. The lowest BCUT2D eigenvalue weighted by Gasteiger charge is -2.19. The van der Waals surface area contributed by atoms with Crippen molar-refractivity contribution in [2.45, 2.75) is 31.7 Å². The minimum absolute atomic E-state index is 0.152. The molecule has 1 atom stereocenters. The van der Waals surface area contributed by atoms with Gasteiger partial charge in [0.1, 0.15) is 0 Å². The van der Waals surface area contributed by atoms with Crippen molar-refractivity contribution in [3.8, 4) is 0 Å². The van der Waals surface area contributed by atoms with Crippen molar-refractivity contribution in [1.82, 2.24) is 9.62 Å². The standard InChI is InChI=1S/C20H26N4O5S/c1-5-23(6-2)30(28,29)17-10-7-15(8-11-17)14(3)22-20(25)18-13-16(24(26)27)9-12-19(18)21-4/h7-14,21H,5-6H2,1-4H3,(H,22,25). The van der Waals surface area contributed by atoms with Gasteiger partial charge in [-0.15, -0.1) is 0 Å². The Hall–Kier alpha value is -2.98. The average molecular weight is 435 g/mol. The van der Waals surface area contributed by atoms with E-state index in [9.17, 15) is 23.3 Å². The van der Waals surface area contributed by atoms with Crippen molar-refractivity contribution in [1.29, 1.82) is 0 Å². The third-order valence-electron chi connectivity index (χ3n) is 4.80. The molecule has 1 unspecified atom stereocenters. The van der Waals surface area contributed by atoms with Gasteiger partial charge in [0.15, 0.2) is 0 Å². The summed E-state index contributed by atoms with van der Waals surface area (Å²) in [5.41, 5.74) is 1.14. The largest absolute Gasteiger partial charge is 0.387 e. The van der Waals surface area contributed by atoms with E-state index in [4.69, 9.17) is 0 Å². The van der Waals surface area contributed by atoms with E-state index in [1.807, 2.05) is 0 Å². The lowest BCUT2D eigenvalue weighted by atomic mass is 10.1. The van der Waals surface area contributed by atoms with Gasteiger partial charge in [0, 0.05) is 38.0 Å². The van der Waals surface area contributed by atoms with Crippen LogP contribution in [0.4, 0.5) is 11.4 Å². The zero-order chi connectivity index (χ0) is 22.5. The summed E-state index contributed by atoms with van der Waals surface area (Å²) in [5, 5.41) is 16.7. The number of nitrogens with one attached hydrogen (secondary N) is 2. The van der Waals surface area contributed by atoms with Crippen LogP contribution in [0.15, 0.2) is 47.4 Å². The van der Waals surface area contributed by atoms with Gasteiger partial charge >= 0.3 is 0 Å². The molecule has 0 aliphatic heterocycles. The molecule has 0 saturated heterocycles. The van der Waals surface area contributed by atoms with E-state index in [-0.39, 0.29) is 16.1 Å². The van der Waals surface area contributed by atoms with Gasteiger partial charge in [-0.3, -0.25) is 14.9 Å². The van der Waals surface area contributed by atoms with Crippen molar-refractivity contribution < 1.29 is 18.1 Å². The Balaban J connectivity index is 2.22. The van der Waals surface area contributed by atoms with Crippen LogP contribution in [0.5, 0.6) is 0 Å². The summed E-state index contributed by atoms with van der Waals surface area (Å²) in [6.45, 7) is 6.07. The van der Waals surface area contributed by atoms with Gasteiger partial charge < -0.3 is 10.6 Å². The normalized spacial score (nSPS) is 12.4. The van der Waals surface area contributed by atoms with E-state index in [2.05, 4.69) is 10.6 Å². The smallest absolute Gasteiger partial charge is 0.270 e. The summed E-state index contributed by atoms with van der Waals surface area (Å²) >= 11 is 0. The third kappa shape index (κ3) is 4.95. The third-order valence-corrected chi connectivity index (χ3v) is 6.86. The number of carbonyl (C=O) groups excluding carboxylic acids is 1. The molecule has 2 rings (SSSR count). The molecule has 0 heterocycles. The van der Waals surface area contributed by atoms with Gasteiger partial charge in [0.25, 0.3) is 11.6 Å². The number of hydrogen-bond acceptors (Lipinski definition) is 6. The van der Waals surface area contributed by atoms with Crippen molar-refractivity contribution in [2.24, 2.45) is 0 Å². The second kappa shape index (κ2) is 9.68. The molecule has 9 nitrogen and oxygen atoms in total. The SMILES string of the molecule is CCN(CC)S(=O)(=O)c1ccc(C(C)NC(=O)c2cc([N+](=O)[O-])ccc2NC)cc1. The fourth-order valence-corrected chi connectivity index (χ4v) is 4.51. The lowest BCUT2D eigenvalue weighted by Crippen LogP contribution is -2.30. The minimum atomic E-state index is -3.56. The fourth-order valence-electron chi connectivity index (χ4n) is 3.05. The molecule has 0 radical (unpaired) electrons. The molecule has 0 fully saturated rings. The Kier molecular flexibility index (Phi) is 7.52. The van der Waals surface area contributed by atoms with Crippen LogP contribution >= 0.6 is 0 Å². The predicted molar refractivity (Wildman–Crippen MR) is 115 cm³/mol. The van der Waals surface area contributed by atoms with Crippen molar-refractivity contribution in [3.05, 3.63) is 63.7 Å². The van der Waals surface area contributed by atoms with Crippen molar-refractivity contribution in [2.75, 3.05) is 25.5 Å². The second-order valence-corrected chi connectivity index (χ2v) is 8.53. The van der Waals surface area contributed by atoms with E-state index in [0.717, 1.165) is 0 Å². The molecular weight excluding hydrogens is 408 g/mol. The monoisotopic (exact) mass is 434 g/mol. The van der Waals surface area contributed by atoms with Crippen molar-refractivity contribution >= 4 is 27.3 Å². The van der Waals surface area contributed by atoms with Crippen LogP contribution in [0.1, 0.15) is 42.7 Å². The number of amides is 1. The number of carbonyl (C=O) groups is 1. The molecule has 0 bridgehead atoms. The summed E-state index contributed by atoms with van der Waals surface area (Å²) in [6, 6.07) is 9.89. The molecule has 2 N–H and O–H groups in total. The molecule has 162 valence electrons. The van der Waals surface area contributed by atoms with Gasteiger partial charge in [0.05, 0.1) is 21.4 Å². The molecule has 0 aliphatic rings. The van der Waals surface area contributed by atoms with E-state index in [1.54, 1.807) is 40.0 Å². The zero-order valence-electron chi connectivity index (χ0n) is 17.4. The highest BCUT2D eigenvalue weighted by Gasteiger charge is 2.22. The highest BCUT2D eigenvalue weighted by Crippen LogP contribution is 2.24. The summed E-state index contributed by atoms with van der Waals surface area (Å²) in [4.78, 5) is 23.3. The Morgan fingerprint density at radius 1 is 1.13 bits per heavy atom. The van der Waals surface area contributed by atoms with Crippen LogP contribution in [0, 0.1) is 10.1 Å². The van der Waals surface area contributed by atoms with Crippen LogP contribution < -0.4 is 10.6 Å². The molecule has 0 spiro atoms. The molecule has 10 heteroatoms. The van der Waals surface area contributed by atoms with E-state index >= 15 is 0 Å². The fraction of sp³-hybridized carbons (Fsp3) is 0.350. The maximum atomic E-state index is 12.7. The van der Waals surface area contributed by atoms with E-state index < -0.39 is 26.9 Å². The number of rotatable bonds is 9. The van der Waals surface area contributed by atoms with E-state index in [0.29, 0.717) is 24.3 Å². The number of nitro benzene ring substituents is 1. The lowest BCUT2D eigenvalue weighted by molar-refractivity contribution is -0.384. The minimum Gasteiger partial charge on any atom is -0.387 e. The molecule has 2 aromatic rings. The summed E-state index contributed by atoms with van der Waals surface area (Å²) < 4.78 is 26.5. The zero-order valence-corrected chi connectivity index (χ0v) is 18.2. The van der Waals surface area contributed by atoms with Gasteiger partial charge in [-0.2, -0.15) is 4.31 Å². The number of hydrogen-bond donors (Lipinski definition) is 2. The number of sulfonamides is 1. The second-order valence-electron chi connectivity index (χ2n) is 6.59. The van der Waals surface area contributed by atoms with Gasteiger partial charge in [-0.25, -0.2) is 8.42 Å². The van der Waals surface area contributed by atoms with Crippen LogP contribution in [-0.4, -0.2) is 43.7 Å². The van der Waals surface area contributed by atoms with Crippen LogP contribution in [0.25, 0.3) is 0 Å². The highest BCUT2D eigenvalue weighted by atomic mass is 32.2. The molecule has 0 aliphatic carbocycles. The number of non-ortho nitro benzene ring substituents is 1. The summed E-state index contributed by atoms with van der Waals surface area (Å²) in [5.74, 6) is -0.476. The van der Waals surface area contributed by atoms with Crippen molar-refractivity contribution in [3.63, 3.8) is 0 Å². The first kappa shape index (κ1) is 23.3. The topological polar surface area (TPSA) is 122 Å². The quantitative estimate of drug-likeness (QED) is 0.462. The van der Waals surface area contributed by atoms with Gasteiger partial charge in [-0.05, 0) is 30.7 Å². The van der Waals surface area contributed by atoms with Crippen LogP contribution in [-0.2, 0) is 10.0 Å². The van der Waals surface area contributed by atoms with Crippen LogP contribution in [0.2, 0.25) is 0 Å². The Morgan fingerprint density at radius 2 is 1.73 bits per heavy atom. The summed E-state index contributed by atoms with van der Waals surface area (Å²) in [7, 11) is -1.94. The van der Waals surface area contributed by atoms with Crippen LogP contribution in [0.3, 0.4) is 0 Å². The first-order chi connectivity index (χ1) is 14.1. The first-order valence-electron chi connectivity index (χ1n) is 9.52. The maximum absolute atomic E-state index is 12.7. The average Bonchev–Trinajstić information content (AvgIpc) is 2.73. The Bertz CT molecular complexity index is 1020. The molecule has 0 saturated carbocycles. The number of nitro groups is 1. The number of anilines is 1. The van der Waals surface area contributed by atoms with E-state index in [1.165, 1.54) is 34.6 Å². The molecule has 30 heavy (non-hydrogen) atoms. The van der Waals surface area contributed by atoms with Gasteiger partial charge in [0.2, 0.25) is 10.0 Å².